The Kier molecular flexibility index (Phi) is 4.99. The summed E-state index contributed by atoms with van der Waals surface area (Å²) in [4.78, 5) is 16.9. The van der Waals surface area contributed by atoms with Gasteiger partial charge in [0.05, 0.1) is 19.4 Å². The van der Waals surface area contributed by atoms with Gasteiger partial charge in [0, 0.05) is 11.6 Å². The minimum atomic E-state index is -0.387. The van der Waals surface area contributed by atoms with Gasteiger partial charge in [-0.3, -0.25) is 4.79 Å². The third-order valence-electron chi connectivity index (χ3n) is 1.96. The van der Waals surface area contributed by atoms with Gasteiger partial charge in [-0.2, -0.15) is 0 Å². The summed E-state index contributed by atoms with van der Waals surface area (Å²) in [5.41, 5.74) is 5.19. The van der Waals surface area contributed by atoms with Crippen LogP contribution in [0.15, 0.2) is 34.4 Å². The van der Waals surface area contributed by atoms with E-state index in [1.807, 2.05) is 11.4 Å². The van der Waals surface area contributed by atoms with Gasteiger partial charge in [-0.15, -0.1) is 23.7 Å². The van der Waals surface area contributed by atoms with E-state index in [2.05, 4.69) is 4.98 Å². The predicted octanol–water partition coefficient (Wildman–Crippen LogP) is 1.65. The number of primary amides is 1. The normalized spacial score (nSPS) is 9.65. The molecule has 0 aliphatic carbocycles. The van der Waals surface area contributed by atoms with E-state index in [4.69, 9.17) is 10.2 Å². The summed E-state index contributed by atoms with van der Waals surface area (Å²) in [5, 5.41) is 2.61. The molecule has 0 aliphatic heterocycles. The summed E-state index contributed by atoms with van der Waals surface area (Å²) in [5.74, 6) is 0.387. The van der Waals surface area contributed by atoms with Crippen molar-refractivity contribution in [3.63, 3.8) is 0 Å². The molecule has 2 aromatic rings. The predicted molar refractivity (Wildman–Crippen MR) is 68.3 cm³/mol. The smallest absolute Gasteiger partial charge is 0.237 e. The van der Waals surface area contributed by atoms with Gasteiger partial charge >= 0.3 is 0 Å². The SMILES string of the molecule is Cl.NC(=O)CN(Cc1ccco1)c1nccs1. The summed E-state index contributed by atoms with van der Waals surface area (Å²) in [6.45, 7) is 0.623. The van der Waals surface area contributed by atoms with E-state index < -0.39 is 0 Å². The first kappa shape index (κ1) is 13.5. The fourth-order valence-corrected chi connectivity index (χ4v) is 1.99. The molecule has 7 heteroatoms. The highest BCUT2D eigenvalue weighted by atomic mass is 35.5. The van der Waals surface area contributed by atoms with Crippen LogP contribution in [0.25, 0.3) is 0 Å². The van der Waals surface area contributed by atoms with E-state index in [-0.39, 0.29) is 24.9 Å². The molecular formula is C10H12ClN3O2S. The zero-order valence-corrected chi connectivity index (χ0v) is 10.5. The van der Waals surface area contributed by atoms with Gasteiger partial charge in [-0.05, 0) is 12.1 Å². The molecule has 0 bridgehead atoms. The topological polar surface area (TPSA) is 72.4 Å². The number of hydrogen-bond donors (Lipinski definition) is 1. The van der Waals surface area contributed by atoms with Crippen molar-refractivity contribution in [2.24, 2.45) is 5.73 Å². The van der Waals surface area contributed by atoms with Crippen LogP contribution in [0.4, 0.5) is 5.13 Å². The van der Waals surface area contributed by atoms with Crippen molar-refractivity contribution in [1.29, 1.82) is 0 Å². The number of nitrogens with zero attached hydrogens (tertiary/aromatic N) is 2. The molecule has 0 unspecified atom stereocenters. The number of nitrogens with two attached hydrogens (primary N) is 1. The third-order valence-corrected chi connectivity index (χ3v) is 2.80. The minimum Gasteiger partial charge on any atom is -0.467 e. The zero-order chi connectivity index (χ0) is 11.4. The van der Waals surface area contributed by atoms with Crippen molar-refractivity contribution >= 4 is 34.8 Å². The fraction of sp³-hybridized carbons (Fsp3) is 0.200. The number of carbonyl (C=O) groups is 1. The van der Waals surface area contributed by atoms with Gasteiger partial charge in [-0.1, -0.05) is 0 Å². The molecule has 0 saturated heterocycles. The van der Waals surface area contributed by atoms with Crippen molar-refractivity contribution < 1.29 is 9.21 Å². The van der Waals surface area contributed by atoms with Crippen LogP contribution < -0.4 is 10.6 Å². The first-order valence-electron chi connectivity index (χ1n) is 4.71. The van der Waals surface area contributed by atoms with Crippen molar-refractivity contribution in [3.05, 3.63) is 35.7 Å². The molecule has 0 aliphatic rings. The maximum atomic E-state index is 11.0. The highest BCUT2D eigenvalue weighted by Crippen LogP contribution is 2.19. The van der Waals surface area contributed by atoms with Crippen molar-refractivity contribution in [2.75, 3.05) is 11.4 Å². The molecular weight excluding hydrogens is 262 g/mol. The van der Waals surface area contributed by atoms with Crippen LogP contribution in [-0.4, -0.2) is 17.4 Å². The molecule has 17 heavy (non-hydrogen) atoms. The number of carbonyl (C=O) groups excluding carboxylic acids is 1. The van der Waals surface area contributed by atoms with Gasteiger partial charge in [-0.25, -0.2) is 4.98 Å². The zero-order valence-electron chi connectivity index (χ0n) is 8.91. The Balaban J connectivity index is 0.00000144. The average molecular weight is 274 g/mol. The quantitative estimate of drug-likeness (QED) is 0.899. The average Bonchev–Trinajstić information content (AvgIpc) is 2.88. The highest BCUT2D eigenvalue weighted by Gasteiger charge is 2.13. The highest BCUT2D eigenvalue weighted by molar-refractivity contribution is 7.13. The molecule has 0 atom stereocenters. The lowest BCUT2D eigenvalue weighted by atomic mass is 10.4. The van der Waals surface area contributed by atoms with Gasteiger partial charge in [0.2, 0.25) is 5.91 Å². The summed E-state index contributed by atoms with van der Waals surface area (Å²) >= 11 is 1.46. The van der Waals surface area contributed by atoms with Crippen LogP contribution in [0.3, 0.4) is 0 Å². The second kappa shape index (κ2) is 6.27. The molecule has 2 N–H and O–H groups in total. The lowest BCUT2D eigenvalue weighted by Gasteiger charge is -2.18. The Morgan fingerprint density at radius 2 is 2.41 bits per heavy atom. The number of halogens is 1. The molecule has 2 aromatic heterocycles. The monoisotopic (exact) mass is 273 g/mol. The van der Waals surface area contributed by atoms with Crippen LogP contribution in [0.1, 0.15) is 5.76 Å². The second-order valence-electron chi connectivity index (χ2n) is 3.22. The van der Waals surface area contributed by atoms with Gasteiger partial charge in [0.25, 0.3) is 0 Å². The number of anilines is 1. The van der Waals surface area contributed by atoms with Crippen molar-refractivity contribution in [3.8, 4) is 0 Å². The number of thiazole rings is 1. The Morgan fingerprint density at radius 3 is 2.94 bits per heavy atom. The molecule has 0 radical (unpaired) electrons. The van der Waals surface area contributed by atoms with E-state index in [9.17, 15) is 4.79 Å². The van der Waals surface area contributed by atoms with E-state index >= 15 is 0 Å². The van der Waals surface area contributed by atoms with E-state index in [0.29, 0.717) is 6.54 Å². The number of amides is 1. The van der Waals surface area contributed by atoms with Crippen LogP contribution in [0.5, 0.6) is 0 Å². The maximum absolute atomic E-state index is 11.0. The van der Waals surface area contributed by atoms with Crippen LogP contribution in [-0.2, 0) is 11.3 Å². The molecule has 1 amide bonds. The molecule has 0 aromatic carbocycles. The van der Waals surface area contributed by atoms with Gasteiger partial charge in [0.1, 0.15) is 5.76 Å². The largest absolute Gasteiger partial charge is 0.467 e. The Morgan fingerprint density at radius 1 is 1.59 bits per heavy atom. The third kappa shape index (κ3) is 3.76. The standard InChI is InChI=1S/C10H11N3O2S.ClH/c11-9(14)7-13(10-12-3-5-16-10)6-8-2-1-4-15-8;/h1-5H,6-7H2,(H2,11,14);1H. The van der Waals surface area contributed by atoms with Crippen LogP contribution in [0, 0.1) is 0 Å². The Hall–Kier alpha value is -1.53. The molecule has 0 spiro atoms. The van der Waals surface area contributed by atoms with Gasteiger partial charge in [0.15, 0.2) is 5.13 Å². The minimum absolute atomic E-state index is 0. The first-order valence-corrected chi connectivity index (χ1v) is 5.59. The van der Waals surface area contributed by atoms with Crippen molar-refractivity contribution in [2.45, 2.75) is 6.54 Å². The van der Waals surface area contributed by atoms with Gasteiger partial charge < -0.3 is 15.1 Å². The Labute approximate surface area is 109 Å². The van der Waals surface area contributed by atoms with E-state index in [1.54, 1.807) is 23.4 Å². The molecule has 92 valence electrons. The van der Waals surface area contributed by atoms with Crippen LogP contribution >= 0.6 is 23.7 Å². The summed E-state index contributed by atoms with van der Waals surface area (Å²) in [6.07, 6.45) is 3.29. The molecule has 2 rings (SSSR count). The molecule has 2 heterocycles. The molecule has 0 fully saturated rings. The number of aromatic nitrogens is 1. The number of furan rings is 1. The molecule has 5 nitrogen and oxygen atoms in total. The second-order valence-corrected chi connectivity index (χ2v) is 4.09. The van der Waals surface area contributed by atoms with Crippen LogP contribution in [0.2, 0.25) is 0 Å². The number of hydrogen-bond acceptors (Lipinski definition) is 5. The lowest BCUT2D eigenvalue weighted by molar-refractivity contribution is -0.116. The van der Waals surface area contributed by atoms with E-state index in [1.165, 1.54) is 11.3 Å². The Bertz CT molecular complexity index is 444. The lowest BCUT2D eigenvalue weighted by Crippen LogP contribution is -2.33. The van der Waals surface area contributed by atoms with Crippen molar-refractivity contribution in [1.82, 2.24) is 4.98 Å². The first-order chi connectivity index (χ1) is 7.75. The number of rotatable bonds is 5. The summed E-state index contributed by atoms with van der Waals surface area (Å²) in [7, 11) is 0. The van der Waals surface area contributed by atoms with E-state index in [0.717, 1.165) is 10.9 Å². The maximum Gasteiger partial charge on any atom is 0.237 e. The fourth-order valence-electron chi connectivity index (χ4n) is 1.34. The summed E-state index contributed by atoms with van der Waals surface area (Å²) < 4.78 is 5.23. The molecule has 0 saturated carbocycles. The summed E-state index contributed by atoms with van der Waals surface area (Å²) in [6, 6.07) is 3.65.